The highest BCUT2D eigenvalue weighted by molar-refractivity contribution is 9.10. The van der Waals surface area contributed by atoms with Gasteiger partial charge in [-0.25, -0.2) is 25.0 Å². The number of carbonyl (C=O) groups excluding carboxylic acids is 2. The van der Waals surface area contributed by atoms with Gasteiger partial charge in [0.1, 0.15) is 12.4 Å². The molecule has 0 aliphatic heterocycles. The molecule has 0 spiro atoms. The predicted octanol–water partition coefficient (Wildman–Crippen LogP) is 2.28. The Morgan fingerprint density at radius 1 is 1.22 bits per heavy atom. The Balaban J connectivity index is 1.89. The largest absolute Gasteiger partial charge is 0.464 e. The highest BCUT2D eigenvalue weighted by Crippen LogP contribution is 2.11. The summed E-state index contributed by atoms with van der Waals surface area (Å²) in [7, 11) is 1.24. The molecule has 1 amide bonds. The van der Waals surface area contributed by atoms with E-state index < -0.39 is 12.1 Å². The lowest BCUT2D eigenvalue weighted by atomic mass is 10.2. The van der Waals surface area contributed by atoms with Gasteiger partial charge in [-0.1, -0.05) is 30.3 Å². The Morgan fingerprint density at radius 3 is 2.65 bits per heavy atom. The molecule has 120 valence electrons. The molecule has 0 fully saturated rings. The number of rotatable bonds is 5. The number of carbonyl (C=O) groups is 2. The van der Waals surface area contributed by atoms with Crippen LogP contribution >= 0.6 is 15.9 Å². The fourth-order valence-electron chi connectivity index (χ4n) is 1.57. The summed E-state index contributed by atoms with van der Waals surface area (Å²) in [5, 5.41) is 0. The molecule has 0 atom stereocenters. The van der Waals surface area contributed by atoms with Crippen molar-refractivity contribution >= 4 is 33.8 Å². The summed E-state index contributed by atoms with van der Waals surface area (Å²) in [4.78, 5) is 30.9. The SMILES string of the molecule is COC(=O)c1cc(NNC(=O)OCc2ccccc2)nc(Br)n1. The monoisotopic (exact) mass is 380 g/mol. The van der Waals surface area contributed by atoms with E-state index in [0.29, 0.717) is 0 Å². The summed E-state index contributed by atoms with van der Waals surface area (Å²) in [5.74, 6) is -0.424. The van der Waals surface area contributed by atoms with Crippen molar-refractivity contribution in [3.8, 4) is 0 Å². The first kappa shape index (κ1) is 16.7. The van der Waals surface area contributed by atoms with Gasteiger partial charge in [0.2, 0.25) is 0 Å². The van der Waals surface area contributed by atoms with Crippen molar-refractivity contribution in [2.45, 2.75) is 6.61 Å². The van der Waals surface area contributed by atoms with Gasteiger partial charge in [-0.3, -0.25) is 5.43 Å². The standard InChI is InChI=1S/C14H13BrN4O4/c1-22-12(20)10-7-11(17-13(15)16-10)18-19-14(21)23-8-9-5-3-2-4-6-9/h2-7H,8H2,1H3,(H,19,21)(H,16,17,18). The highest BCUT2D eigenvalue weighted by Gasteiger charge is 2.11. The van der Waals surface area contributed by atoms with Crippen LogP contribution < -0.4 is 10.9 Å². The zero-order valence-corrected chi connectivity index (χ0v) is 13.7. The van der Waals surface area contributed by atoms with Crippen LogP contribution in [0.3, 0.4) is 0 Å². The molecule has 2 rings (SSSR count). The molecule has 2 aromatic rings. The molecule has 0 aliphatic carbocycles. The van der Waals surface area contributed by atoms with Crippen LogP contribution in [0, 0.1) is 0 Å². The molecule has 1 heterocycles. The topological polar surface area (TPSA) is 102 Å². The number of anilines is 1. The zero-order valence-electron chi connectivity index (χ0n) is 12.1. The van der Waals surface area contributed by atoms with E-state index in [4.69, 9.17) is 4.74 Å². The third-order valence-corrected chi connectivity index (χ3v) is 2.95. The first-order valence-corrected chi connectivity index (χ1v) is 7.23. The minimum atomic E-state index is -0.691. The highest BCUT2D eigenvalue weighted by atomic mass is 79.9. The second kappa shape index (κ2) is 8.08. The number of ether oxygens (including phenoxy) is 2. The maximum atomic E-state index is 11.6. The summed E-state index contributed by atoms with van der Waals surface area (Å²) >= 11 is 3.06. The maximum Gasteiger partial charge on any atom is 0.426 e. The minimum absolute atomic E-state index is 0.0383. The Bertz CT molecular complexity index is 696. The number of nitrogens with one attached hydrogen (secondary N) is 2. The molecular formula is C14H13BrN4O4. The summed E-state index contributed by atoms with van der Waals surface area (Å²) < 4.78 is 9.76. The Labute approximate surface area is 140 Å². The molecule has 8 nitrogen and oxygen atoms in total. The maximum absolute atomic E-state index is 11.6. The first-order valence-electron chi connectivity index (χ1n) is 6.44. The number of nitrogens with zero attached hydrogens (tertiary/aromatic N) is 2. The second-order valence-electron chi connectivity index (χ2n) is 4.21. The van der Waals surface area contributed by atoms with E-state index in [9.17, 15) is 9.59 Å². The molecule has 2 N–H and O–H groups in total. The van der Waals surface area contributed by atoms with Gasteiger partial charge in [-0.05, 0) is 21.5 Å². The van der Waals surface area contributed by atoms with Crippen LogP contribution in [0.2, 0.25) is 0 Å². The van der Waals surface area contributed by atoms with Gasteiger partial charge in [0, 0.05) is 6.07 Å². The van der Waals surface area contributed by atoms with Crippen molar-refractivity contribution in [3.63, 3.8) is 0 Å². The molecule has 0 unspecified atom stereocenters. The number of benzene rings is 1. The van der Waals surface area contributed by atoms with E-state index in [0.717, 1.165) is 5.56 Å². The average molecular weight is 381 g/mol. The van der Waals surface area contributed by atoms with Gasteiger partial charge in [-0.15, -0.1) is 0 Å². The van der Waals surface area contributed by atoms with Gasteiger partial charge in [0.05, 0.1) is 7.11 Å². The molecule has 0 saturated carbocycles. The van der Waals surface area contributed by atoms with Crippen molar-refractivity contribution in [2.75, 3.05) is 12.5 Å². The minimum Gasteiger partial charge on any atom is -0.464 e. The second-order valence-corrected chi connectivity index (χ2v) is 4.92. The van der Waals surface area contributed by atoms with Crippen LogP contribution in [0.25, 0.3) is 0 Å². The number of hydrogen-bond acceptors (Lipinski definition) is 7. The Morgan fingerprint density at radius 2 is 1.96 bits per heavy atom. The lowest BCUT2D eigenvalue weighted by molar-refractivity contribution is 0.0593. The van der Waals surface area contributed by atoms with Crippen molar-refractivity contribution < 1.29 is 19.1 Å². The van der Waals surface area contributed by atoms with E-state index in [1.54, 1.807) is 0 Å². The summed E-state index contributed by atoms with van der Waals surface area (Å²) in [5.41, 5.74) is 5.73. The number of amides is 1. The first-order chi connectivity index (χ1) is 11.1. The van der Waals surface area contributed by atoms with Crippen LogP contribution in [0.5, 0.6) is 0 Å². The lowest BCUT2D eigenvalue weighted by Crippen LogP contribution is -2.30. The smallest absolute Gasteiger partial charge is 0.426 e. The van der Waals surface area contributed by atoms with Gasteiger partial charge in [-0.2, -0.15) is 0 Å². The summed E-state index contributed by atoms with van der Waals surface area (Å²) in [6.45, 7) is 0.134. The number of esters is 1. The normalized spacial score (nSPS) is 9.83. The van der Waals surface area contributed by atoms with Crippen LogP contribution in [0.15, 0.2) is 41.1 Å². The van der Waals surface area contributed by atoms with E-state index in [2.05, 4.69) is 41.5 Å². The number of halogens is 1. The van der Waals surface area contributed by atoms with Crippen LogP contribution in [-0.4, -0.2) is 29.1 Å². The molecule has 9 heteroatoms. The Hall–Kier alpha value is -2.68. The summed E-state index contributed by atoms with van der Waals surface area (Å²) in [6.07, 6.45) is -0.691. The van der Waals surface area contributed by atoms with Crippen molar-refractivity contribution in [1.82, 2.24) is 15.4 Å². The average Bonchev–Trinajstić information content (AvgIpc) is 2.57. The molecule has 23 heavy (non-hydrogen) atoms. The third-order valence-electron chi connectivity index (χ3n) is 2.60. The van der Waals surface area contributed by atoms with E-state index in [-0.39, 0.29) is 22.9 Å². The fraction of sp³-hybridized carbons (Fsp3) is 0.143. The fourth-order valence-corrected chi connectivity index (χ4v) is 1.95. The predicted molar refractivity (Wildman–Crippen MR) is 84.5 cm³/mol. The van der Waals surface area contributed by atoms with Gasteiger partial charge < -0.3 is 9.47 Å². The van der Waals surface area contributed by atoms with Gasteiger partial charge >= 0.3 is 12.1 Å². The molecule has 0 bridgehead atoms. The van der Waals surface area contributed by atoms with Crippen molar-refractivity contribution in [3.05, 3.63) is 52.4 Å². The number of aromatic nitrogens is 2. The molecule has 1 aromatic heterocycles. The van der Waals surface area contributed by atoms with Crippen LogP contribution in [-0.2, 0) is 16.1 Å². The van der Waals surface area contributed by atoms with E-state index in [1.165, 1.54) is 13.2 Å². The van der Waals surface area contributed by atoms with E-state index in [1.807, 2.05) is 30.3 Å². The van der Waals surface area contributed by atoms with Crippen molar-refractivity contribution in [2.24, 2.45) is 0 Å². The third kappa shape index (κ3) is 5.22. The van der Waals surface area contributed by atoms with Gasteiger partial charge in [0.15, 0.2) is 10.4 Å². The molecule has 0 radical (unpaired) electrons. The lowest BCUT2D eigenvalue weighted by Gasteiger charge is -2.09. The number of hydrogen-bond donors (Lipinski definition) is 2. The van der Waals surface area contributed by atoms with Crippen LogP contribution in [0.1, 0.15) is 16.1 Å². The zero-order chi connectivity index (χ0) is 16.7. The van der Waals surface area contributed by atoms with Crippen LogP contribution in [0.4, 0.5) is 10.6 Å². The Kier molecular flexibility index (Phi) is 5.87. The quantitative estimate of drug-likeness (QED) is 0.465. The number of methoxy groups -OCH3 is 1. The van der Waals surface area contributed by atoms with Gasteiger partial charge in [0.25, 0.3) is 0 Å². The molecule has 0 saturated heterocycles. The summed E-state index contributed by atoms with van der Waals surface area (Å²) in [6, 6.07) is 10.6. The van der Waals surface area contributed by atoms with E-state index >= 15 is 0 Å². The van der Waals surface area contributed by atoms with Crippen molar-refractivity contribution in [1.29, 1.82) is 0 Å². The molecule has 1 aromatic carbocycles. The number of hydrazine groups is 1. The molecular weight excluding hydrogens is 368 g/mol. The molecule has 0 aliphatic rings.